The number of nitrogens with zero attached hydrogens (tertiary/aromatic N) is 2. The van der Waals surface area contributed by atoms with Crippen LogP contribution in [0.4, 0.5) is 10.5 Å². The van der Waals surface area contributed by atoms with E-state index in [1.165, 1.54) is 12.1 Å². The van der Waals surface area contributed by atoms with Crippen LogP contribution < -0.4 is 9.47 Å². The van der Waals surface area contributed by atoms with Crippen molar-refractivity contribution >= 4 is 46.3 Å². The predicted octanol–water partition coefficient (Wildman–Crippen LogP) is 5.47. The van der Waals surface area contributed by atoms with Crippen LogP contribution in [-0.2, 0) is 11.3 Å². The van der Waals surface area contributed by atoms with Crippen molar-refractivity contribution in [1.29, 1.82) is 0 Å². The van der Waals surface area contributed by atoms with E-state index < -0.39 is 16.1 Å². The highest BCUT2D eigenvalue weighted by Gasteiger charge is 2.36. The first-order chi connectivity index (χ1) is 15.9. The first-order valence-electron chi connectivity index (χ1n) is 9.58. The van der Waals surface area contributed by atoms with Crippen molar-refractivity contribution in [2.24, 2.45) is 0 Å². The van der Waals surface area contributed by atoms with E-state index in [1.807, 2.05) is 0 Å². The number of imide groups is 1. The molecule has 0 radical (unpaired) electrons. The molecule has 2 amide bonds. The second-order valence-corrected chi connectivity index (χ2v) is 8.44. The van der Waals surface area contributed by atoms with Crippen molar-refractivity contribution in [3.05, 3.63) is 79.9 Å². The lowest BCUT2D eigenvalue weighted by Gasteiger charge is -2.14. The quantitative estimate of drug-likeness (QED) is 0.266. The Hall–Kier alpha value is -3.76. The highest BCUT2D eigenvalue weighted by atomic mass is 35.5. The Kier molecular flexibility index (Phi) is 5.31. The summed E-state index contributed by atoms with van der Waals surface area (Å²) in [4.78, 5) is 37.4. The molecule has 2 aliphatic heterocycles. The number of carbonyl (C=O) groups excluding carboxylic acids is 2. The van der Waals surface area contributed by atoms with E-state index in [0.29, 0.717) is 27.6 Å². The summed E-state index contributed by atoms with van der Waals surface area (Å²) in [7, 11) is 0. The molecule has 0 spiro atoms. The van der Waals surface area contributed by atoms with Crippen LogP contribution in [0.5, 0.6) is 11.5 Å². The van der Waals surface area contributed by atoms with E-state index in [2.05, 4.69) is 0 Å². The molecular weight excluding hydrogens is 472 g/mol. The third-order valence-corrected chi connectivity index (χ3v) is 6.27. The molecule has 3 heterocycles. The number of rotatable bonds is 5. The lowest BCUT2D eigenvalue weighted by Crippen LogP contribution is -2.27. The minimum atomic E-state index is -0.498. The largest absolute Gasteiger partial charge is 0.456 e. The SMILES string of the molecule is O=C1S/C(=C/c2ccc(-c3ccccc3[N+](=O)[O-])o2)C(=O)N1Cc1cc2c(cc1Cl)OCO2. The van der Waals surface area contributed by atoms with Crippen LogP contribution in [0, 0.1) is 10.1 Å². The van der Waals surface area contributed by atoms with E-state index in [4.69, 9.17) is 25.5 Å². The van der Waals surface area contributed by atoms with Crippen molar-refractivity contribution in [3.63, 3.8) is 0 Å². The standard InChI is InChI=1S/C22H13ClN2O7S/c23-15-9-19-18(30-11-31-19)7-12(15)10-24-21(26)20(33-22(24)27)8-13-5-6-17(32-13)14-3-1-2-4-16(14)25(28)29/h1-9H,10-11H2/b20-8+. The first-order valence-corrected chi connectivity index (χ1v) is 10.8. The number of amides is 2. The highest BCUT2D eigenvalue weighted by molar-refractivity contribution is 8.18. The van der Waals surface area contributed by atoms with Gasteiger partial charge in [0.1, 0.15) is 11.5 Å². The summed E-state index contributed by atoms with van der Waals surface area (Å²) in [6.45, 7) is 0.0494. The lowest BCUT2D eigenvalue weighted by molar-refractivity contribution is -0.384. The summed E-state index contributed by atoms with van der Waals surface area (Å²) < 4.78 is 16.3. The van der Waals surface area contributed by atoms with Gasteiger partial charge in [0.2, 0.25) is 6.79 Å². The first kappa shape index (κ1) is 21.1. The van der Waals surface area contributed by atoms with E-state index in [1.54, 1.807) is 42.5 Å². The van der Waals surface area contributed by atoms with Gasteiger partial charge < -0.3 is 13.9 Å². The number of fused-ring (bicyclic) bond motifs is 1. The average molecular weight is 485 g/mol. The van der Waals surface area contributed by atoms with Crippen molar-refractivity contribution in [2.45, 2.75) is 6.54 Å². The maximum absolute atomic E-state index is 12.9. The van der Waals surface area contributed by atoms with Crippen LogP contribution in [-0.4, -0.2) is 27.8 Å². The van der Waals surface area contributed by atoms with Gasteiger partial charge in [0.25, 0.3) is 16.8 Å². The summed E-state index contributed by atoms with van der Waals surface area (Å²) in [6.07, 6.45) is 1.43. The topological polar surface area (TPSA) is 112 Å². The molecule has 1 fully saturated rings. The number of halogens is 1. The third-order valence-electron chi connectivity index (χ3n) is 5.01. The summed E-state index contributed by atoms with van der Waals surface area (Å²) in [5.74, 6) is 1.07. The molecule has 11 heteroatoms. The molecular formula is C22H13ClN2O7S. The molecule has 3 aromatic rings. The summed E-state index contributed by atoms with van der Waals surface area (Å²) >= 11 is 7.05. The monoisotopic (exact) mass is 484 g/mol. The molecule has 0 aliphatic carbocycles. The number of carbonyl (C=O) groups is 2. The van der Waals surface area contributed by atoms with Crippen LogP contribution in [0.1, 0.15) is 11.3 Å². The second-order valence-electron chi connectivity index (χ2n) is 7.04. The predicted molar refractivity (Wildman–Crippen MR) is 120 cm³/mol. The van der Waals surface area contributed by atoms with E-state index >= 15 is 0 Å². The van der Waals surface area contributed by atoms with Crippen LogP contribution in [0.2, 0.25) is 5.02 Å². The molecule has 33 heavy (non-hydrogen) atoms. The van der Waals surface area contributed by atoms with Crippen molar-refractivity contribution in [3.8, 4) is 22.8 Å². The normalized spacial score (nSPS) is 16.2. The molecule has 0 saturated carbocycles. The molecule has 1 saturated heterocycles. The Bertz CT molecular complexity index is 1350. The molecule has 2 aromatic carbocycles. The fraction of sp³-hybridized carbons (Fsp3) is 0.0909. The summed E-state index contributed by atoms with van der Waals surface area (Å²) in [5.41, 5.74) is 0.758. The van der Waals surface area contributed by atoms with Gasteiger partial charge in [0, 0.05) is 23.2 Å². The van der Waals surface area contributed by atoms with Gasteiger partial charge in [-0.1, -0.05) is 23.7 Å². The number of thioether (sulfide) groups is 1. The summed E-state index contributed by atoms with van der Waals surface area (Å²) in [5, 5.41) is 11.2. The molecule has 2 aliphatic rings. The van der Waals surface area contributed by atoms with Crippen molar-refractivity contribution < 1.29 is 28.4 Å². The number of hydrogen-bond donors (Lipinski definition) is 0. The number of furan rings is 1. The van der Waals surface area contributed by atoms with E-state index in [-0.39, 0.29) is 35.5 Å². The van der Waals surface area contributed by atoms with Gasteiger partial charge in [-0.25, -0.2) is 0 Å². The Morgan fingerprint density at radius 1 is 1.12 bits per heavy atom. The number of nitro groups is 1. The maximum Gasteiger partial charge on any atom is 0.293 e. The minimum Gasteiger partial charge on any atom is -0.456 e. The second kappa shape index (κ2) is 8.30. The number of ether oxygens (including phenoxy) is 2. The van der Waals surface area contributed by atoms with Crippen LogP contribution in [0.3, 0.4) is 0 Å². The maximum atomic E-state index is 12.9. The molecule has 9 nitrogen and oxygen atoms in total. The molecule has 166 valence electrons. The van der Waals surface area contributed by atoms with Gasteiger partial charge in [0.05, 0.1) is 21.9 Å². The summed E-state index contributed by atoms with van der Waals surface area (Å²) in [6, 6.07) is 12.6. The fourth-order valence-electron chi connectivity index (χ4n) is 3.43. The lowest BCUT2D eigenvalue weighted by atomic mass is 10.1. The number of para-hydroxylation sites is 1. The number of hydrogen-bond acceptors (Lipinski definition) is 8. The minimum absolute atomic E-state index is 0.0307. The molecule has 5 rings (SSSR count). The highest BCUT2D eigenvalue weighted by Crippen LogP contribution is 2.40. The number of nitro benzene ring substituents is 1. The Morgan fingerprint density at radius 2 is 1.88 bits per heavy atom. The van der Waals surface area contributed by atoms with Gasteiger partial charge in [-0.2, -0.15) is 0 Å². The third kappa shape index (κ3) is 3.94. The fourth-order valence-corrected chi connectivity index (χ4v) is 4.46. The molecule has 1 aromatic heterocycles. The number of benzene rings is 2. The van der Waals surface area contributed by atoms with Crippen LogP contribution in [0.25, 0.3) is 17.4 Å². The van der Waals surface area contributed by atoms with Gasteiger partial charge in [-0.3, -0.25) is 24.6 Å². The average Bonchev–Trinajstić information content (AvgIpc) is 3.50. The smallest absolute Gasteiger partial charge is 0.293 e. The van der Waals surface area contributed by atoms with Crippen molar-refractivity contribution in [2.75, 3.05) is 6.79 Å². The van der Waals surface area contributed by atoms with Crippen LogP contribution in [0.15, 0.2) is 57.9 Å². The van der Waals surface area contributed by atoms with E-state index in [0.717, 1.165) is 16.7 Å². The Labute approximate surface area is 195 Å². The Morgan fingerprint density at radius 3 is 2.67 bits per heavy atom. The van der Waals surface area contributed by atoms with Crippen LogP contribution >= 0.6 is 23.4 Å². The Balaban J connectivity index is 1.38. The molecule has 0 bridgehead atoms. The van der Waals surface area contributed by atoms with Gasteiger partial charge >= 0.3 is 0 Å². The molecule has 0 atom stereocenters. The zero-order valence-electron chi connectivity index (χ0n) is 16.6. The van der Waals surface area contributed by atoms with E-state index in [9.17, 15) is 19.7 Å². The van der Waals surface area contributed by atoms with Gasteiger partial charge in [0.15, 0.2) is 11.5 Å². The zero-order chi connectivity index (χ0) is 23.1. The zero-order valence-corrected chi connectivity index (χ0v) is 18.2. The van der Waals surface area contributed by atoms with Gasteiger partial charge in [-0.15, -0.1) is 0 Å². The molecule has 0 unspecified atom stereocenters. The van der Waals surface area contributed by atoms with Crippen molar-refractivity contribution in [1.82, 2.24) is 4.90 Å². The molecule has 0 N–H and O–H groups in total. The van der Waals surface area contributed by atoms with Gasteiger partial charge in [-0.05, 0) is 41.6 Å².